The van der Waals surface area contributed by atoms with E-state index >= 15 is 0 Å². The molecule has 126 valence electrons. The van der Waals surface area contributed by atoms with Gasteiger partial charge in [0.2, 0.25) is 15.9 Å². The zero-order chi connectivity index (χ0) is 16.8. The minimum Gasteiger partial charge on any atom is -0.311 e. The third kappa shape index (κ3) is 3.02. The van der Waals surface area contributed by atoms with E-state index < -0.39 is 10.0 Å². The number of anilines is 1. The lowest BCUT2D eigenvalue weighted by molar-refractivity contribution is -0.116. The number of carbonyl (C=O) groups excluding carboxylic acids is 1. The van der Waals surface area contributed by atoms with Crippen LogP contribution in [0.15, 0.2) is 23.1 Å². The van der Waals surface area contributed by atoms with E-state index in [1.165, 1.54) is 6.92 Å². The molecule has 1 aromatic rings. The van der Waals surface area contributed by atoms with Gasteiger partial charge in [0.1, 0.15) is 0 Å². The molecule has 0 radical (unpaired) electrons. The zero-order valence-corrected chi connectivity index (χ0v) is 14.7. The van der Waals surface area contributed by atoms with Crippen LogP contribution in [0, 0.1) is 0 Å². The maximum atomic E-state index is 12.6. The van der Waals surface area contributed by atoms with Crippen molar-refractivity contribution < 1.29 is 13.2 Å². The lowest BCUT2D eigenvalue weighted by atomic mass is 9.87. The second-order valence-corrected chi connectivity index (χ2v) is 8.98. The Morgan fingerprint density at radius 1 is 1.26 bits per heavy atom. The molecular formula is C17H24N2O3S. The van der Waals surface area contributed by atoms with Gasteiger partial charge in [-0.15, -0.1) is 0 Å². The smallest absolute Gasteiger partial charge is 0.240 e. The fourth-order valence-electron chi connectivity index (χ4n) is 3.64. The van der Waals surface area contributed by atoms with Gasteiger partial charge in [0.15, 0.2) is 0 Å². The number of fused-ring (bicyclic) bond motifs is 1. The quantitative estimate of drug-likeness (QED) is 0.922. The van der Waals surface area contributed by atoms with E-state index in [9.17, 15) is 13.2 Å². The van der Waals surface area contributed by atoms with E-state index in [1.54, 1.807) is 23.1 Å². The summed E-state index contributed by atoms with van der Waals surface area (Å²) in [6.45, 7) is 6.19. The van der Waals surface area contributed by atoms with Crippen LogP contribution in [0.4, 0.5) is 5.69 Å². The maximum Gasteiger partial charge on any atom is 0.240 e. The number of nitrogens with zero attached hydrogens (tertiary/aromatic N) is 1. The summed E-state index contributed by atoms with van der Waals surface area (Å²) in [4.78, 5) is 13.8. The molecule has 6 heteroatoms. The number of hydrogen-bond acceptors (Lipinski definition) is 3. The first-order valence-electron chi connectivity index (χ1n) is 8.16. The maximum absolute atomic E-state index is 12.6. The molecule has 0 saturated heterocycles. The molecule has 0 spiro atoms. The third-order valence-electron chi connectivity index (χ3n) is 4.91. The van der Waals surface area contributed by atoms with Crippen molar-refractivity contribution in [2.45, 2.75) is 62.8 Å². The van der Waals surface area contributed by atoms with Crippen LogP contribution in [-0.4, -0.2) is 26.9 Å². The molecule has 1 saturated carbocycles. The Morgan fingerprint density at radius 2 is 1.91 bits per heavy atom. The average Bonchev–Trinajstić information content (AvgIpc) is 3.04. The predicted molar refractivity (Wildman–Crippen MR) is 90.1 cm³/mol. The molecule has 5 nitrogen and oxygen atoms in total. The van der Waals surface area contributed by atoms with Crippen molar-refractivity contribution in [2.24, 2.45) is 0 Å². The summed E-state index contributed by atoms with van der Waals surface area (Å²) in [5.74, 6) is -0.0171. The third-order valence-corrected chi connectivity index (χ3v) is 6.43. The molecule has 2 aliphatic rings. The molecule has 1 aromatic carbocycles. The van der Waals surface area contributed by atoms with Crippen molar-refractivity contribution in [1.82, 2.24) is 4.72 Å². The first kappa shape index (κ1) is 16.5. The molecule has 1 N–H and O–H groups in total. The van der Waals surface area contributed by atoms with Gasteiger partial charge >= 0.3 is 0 Å². The van der Waals surface area contributed by atoms with Gasteiger partial charge in [-0.2, -0.15) is 0 Å². The molecule has 1 aliphatic heterocycles. The number of rotatable bonds is 3. The second-order valence-electron chi connectivity index (χ2n) is 7.27. The molecule has 1 amide bonds. The molecule has 23 heavy (non-hydrogen) atoms. The molecule has 3 rings (SSSR count). The summed E-state index contributed by atoms with van der Waals surface area (Å²) in [5.41, 5.74) is 1.49. The number of nitrogens with one attached hydrogen (secondary N) is 1. The summed E-state index contributed by atoms with van der Waals surface area (Å²) in [5, 5.41) is 0. The van der Waals surface area contributed by atoms with Gasteiger partial charge in [0.25, 0.3) is 0 Å². The Bertz CT molecular complexity index is 734. The van der Waals surface area contributed by atoms with Gasteiger partial charge in [0.05, 0.1) is 4.90 Å². The standard InChI is InChI=1S/C17H24N2O3S/c1-12(20)19-11-17(2,3)15-10-14(8-9-16(15)19)23(21,22)18-13-6-4-5-7-13/h8-10,13,18H,4-7,11H2,1-3H3. The van der Waals surface area contributed by atoms with Crippen LogP contribution < -0.4 is 9.62 Å². The molecule has 0 aromatic heterocycles. The minimum atomic E-state index is -3.51. The summed E-state index contributed by atoms with van der Waals surface area (Å²) < 4.78 is 28.1. The van der Waals surface area contributed by atoms with Crippen molar-refractivity contribution in [3.05, 3.63) is 23.8 Å². The average molecular weight is 336 g/mol. The normalized spacial score (nSPS) is 20.7. The van der Waals surface area contributed by atoms with Gasteiger partial charge in [0, 0.05) is 30.6 Å². The number of hydrogen-bond donors (Lipinski definition) is 1. The largest absolute Gasteiger partial charge is 0.311 e. The Morgan fingerprint density at radius 3 is 2.52 bits per heavy atom. The summed E-state index contributed by atoms with van der Waals surface area (Å²) in [6.07, 6.45) is 3.98. The highest BCUT2D eigenvalue weighted by Gasteiger charge is 2.38. The number of amides is 1. The molecule has 0 unspecified atom stereocenters. The molecule has 0 bridgehead atoms. The molecule has 0 atom stereocenters. The van der Waals surface area contributed by atoms with Crippen LogP contribution in [0.1, 0.15) is 52.0 Å². The highest BCUT2D eigenvalue weighted by Crippen LogP contribution is 2.41. The van der Waals surface area contributed by atoms with Crippen molar-refractivity contribution in [2.75, 3.05) is 11.4 Å². The Kier molecular flexibility index (Phi) is 4.01. The lowest BCUT2D eigenvalue weighted by Crippen LogP contribution is -2.32. The van der Waals surface area contributed by atoms with Crippen molar-refractivity contribution in [3.8, 4) is 0 Å². The van der Waals surface area contributed by atoms with Crippen LogP contribution >= 0.6 is 0 Å². The Balaban J connectivity index is 1.96. The van der Waals surface area contributed by atoms with Crippen LogP contribution in [0.3, 0.4) is 0 Å². The molecule has 1 fully saturated rings. The fraction of sp³-hybridized carbons (Fsp3) is 0.588. The van der Waals surface area contributed by atoms with E-state index in [1.807, 2.05) is 13.8 Å². The number of benzene rings is 1. The van der Waals surface area contributed by atoms with E-state index in [0.717, 1.165) is 36.9 Å². The molecular weight excluding hydrogens is 312 g/mol. The highest BCUT2D eigenvalue weighted by atomic mass is 32.2. The van der Waals surface area contributed by atoms with Gasteiger partial charge in [-0.25, -0.2) is 13.1 Å². The first-order chi connectivity index (χ1) is 10.7. The van der Waals surface area contributed by atoms with Crippen molar-refractivity contribution in [3.63, 3.8) is 0 Å². The van der Waals surface area contributed by atoms with Gasteiger partial charge in [-0.05, 0) is 36.6 Å². The molecule has 1 aliphatic carbocycles. The first-order valence-corrected chi connectivity index (χ1v) is 9.64. The lowest BCUT2D eigenvalue weighted by Gasteiger charge is -2.19. The SMILES string of the molecule is CC(=O)N1CC(C)(C)c2cc(S(=O)(=O)NC3CCCC3)ccc21. The Labute approximate surface area is 138 Å². The minimum absolute atomic E-state index is 0.0171. The van der Waals surface area contributed by atoms with Crippen LogP contribution in [0.2, 0.25) is 0 Å². The van der Waals surface area contributed by atoms with Crippen LogP contribution in [-0.2, 0) is 20.2 Å². The number of sulfonamides is 1. The number of carbonyl (C=O) groups is 1. The van der Waals surface area contributed by atoms with Gasteiger partial charge < -0.3 is 4.90 Å². The van der Waals surface area contributed by atoms with E-state index in [0.29, 0.717) is 11.4 Å². The van der Waals surface area contributed by atoms with E-state index in [4.69, 9.17) is 0 Å². The Hall–Kier alpha value is -1.40. The predicted octanol–water partition coefficient (Wildman–Crippen LogP) is 2.55. The van der Waals surface area contributed by atoms with Crippen molar-refractivity contribution >= 4 is 21.6 Å². The van der Waals surface area contributed by atoms with E-state index in [-0.39, 0.29) is 17.4 Å². The summed E-state index contributed by atoms with van der Waals surface area (Å²) in [6, 6.07) is 5.15. The monoisotopic (exact) mass is 336 g/mol. The highest BCUT2D eigenvalue weighted by molar-refractivity contribution is 7.89. The van der Waals surface area contributed by atoms with Gasteiger partial charge in [-0.3, -0.25) is 4.79 Å². The summed E-state index contributed by atoms with van der Waals surface area (Å²) in [7, 11) is -3.51. The topological polar surface area (TPSA) is 66.5 Å². The zero-order valence-electron chi connectivity index (χ0n) is 13.9. The van der Waals surface area contributed by atoms with Crippen molar-refractivity contribution in [1.29, 1.82) is 0 Å². The van der Waals surface area contributed by atoms with E-state index in [2.05, 4.69) is 4.72 Å². The fourth-order valence-corrected chi connectivity index (χ4v) is 4.97. The second kappa shape index (κ2) is 5.60. The molecule has 1 heterocycles. The van der Waals surface area contributed by atoms with Crippen LogP contribution in [0.5, 0.6) is 0 Å². The summed E-state index contributed by atoms with van der Waals surface area (Å²) >= 11 is 0. The van der Waals surface area contributed by atoms with Gasteiger partial charge in [-0.1, -0.05) is 26.7 Å². The van der Waals surface area contributed by atoms with Crippen LogP contribution in [0.25, 0.3) is 0 Å².